The zero-order chi connectivity index (χ0) is 15.0. The van der Waals surface area contributed by atoms with Gasteiger partial charge in [-0.15, -0.1) is 0 Å². The van der Waals surface area contributed by atoms with E-state index in [0.717, 1.165) is 18.7 Å². The van der Waals surface area contributed by atoms with E-state index in [1.165, 1.54) is 0 Å². The number of furan rings is 1. The van der Waals surface area contributed by atoms with Crippen LogP contribution in [0.15, 0.2) is 16.7 Å². The van der Waals surface area contributed by atoms with E-state index in [1.54, 1.807) is 6.26 Å². The van der Waals surface area contributed by atoms with Crippen molar-refractivity contribution in [2.75, 3.05) is 13.2 Å². The van der Waals surface area contributed by atoms with Crippen LogP contribution in [-0.2, 0) is 17.9 Å². The normalized spacial score (nSPS) is 12.3. The van der Waals surface area contributed by atoms with Gasteiger partial charge >= 0.3 is 6.18 Å². The van der Waals surface area contributed by atoms with Crippen LogP contribution in [0.5, 0.6) is 0 Å². The number of hydrogen-bond acceptors (Lipinski definition) is 3. The summed E-state index contributed by atoms with van der Waals surface area (Å²) in [5.74, 6) is 1.22. The second-order valence-corrected chi connectivity index (χ2v) is 5.22. The van der Waals surface area contributed by atoms with Crippen LogP contribution < -0.4 is 5.32 Å². The molecule has 0 amide bonds. The van der Waals surface area contributed by atoms with Gasteiger partial charge in [0.05, 0.1) is 6.26 Å². The zero-order valence-corrected chi connectivity index (χ0v) is 11.9. The van der Waals surface area contributed by atoms with Gasteiger partial charge in [0.1, 0.15) is 12.4 Å². The van der Waals surface area contributed by atoms with E-state index in [1.807, 2.05) is 6.07 Å². The smallest absolute Gasteiger partial charge is 0.389 e. The van der Waals surface area contributed by atoms with Crippen LogP contribution in [0, 0.1) is 5.92 Å². The molecule has 0 spiro atoms. The lowest BCUT2D eigenvalue weighted by Crippen LogP contribution is -2.18. The van der Waals surface area contributed by atoms with Crippen molar-refractivity contribution in [2.45, 2.75) is 46.0 Å². The molecule has 0 saturated heterocycles. The second kappa shape index (κ2) is 8.32. The summed E-state index contributed by atoms with van der Waals surface area (Å²) in [5, 5.41) is 3.28. The molecule has 0 fully saturated rings. The highest BCUT2D eigenvalue weighted by atomic mass is 19.4. The third kappa shape index (κ3) is 8.22. The molecule has 1 aromatic rings. The van der Waals surface area contributed by atoms with Gasteiger partial charge in [0.2, 0.25) is 0 Å². The van der Waals surface area contributed by atoms with Crippen LogP contribution in [-0.4, -0.2) is 19.3 Å². The highest BCUT2D eigenvalue weighted by molar-refractivity contribution is 5.11. The highest BCUT2D eigenvalue weighted by Gasteiger charge is 2.25. The Kier molecular flexibility index (Phi) is 7.09. The molecule has 1 rings (SSSR count). The summed E-state index contributed by atoms with van der Waals surface area (Å²) < 4.78 is 46.1. The Morgan fingerprint density at radius 3 is 2.75 bits per heavy atom. The minimum atomic E-state index is -4.11. The number of hydrogen-bond donors (Lipinski definition) is 1. The molecule has 0 aliphatic rings. The van der Waals surface area contributed by atoms with E-state index in [9.17, 15) is 13.2 Å². The van der Waals surface area contributed by atoms with Crippen LogP contribution in [0.25, 0.3) is 0 Å². The Bertz CT molecular complexity index is 375. The number of alkyl halides is 3. The van der Waals surface area contributed by atoms with Gasteiger partial charge in [0, 0.05) is 25.1 Å². The first kappa shape index (κ1) is 17.0. The summed E-state index contributed by atoms with van der Waals surface area (Å²) in [7, 11) is 0. The molecule has 20 heavy (non-hydrogen) atoms. The molecule has 6 heteroatoms. The largest absolute Gasteiger partial charge is 0.467 e. The van der Waals surface area contributed by atoms with Crippen molar-refractivity contribution >= 4 is 0 Å². The van der Waals surface area contributed by atoms with Crippen molar-refractivity contribution in [3.05, 3.63) is 23.7 Å². The average Bonchev–Trinajstić information content (AvgIpc) is 2.74. The molecule has 0 atom stereocenters. The summed E-state index contributed by atoms with van der Waals surface area (Å²) in [6, 6.07) is 1.86. The summed E-state index contributed by atoms with van der Waals surface area (Å²) >= 11 is 0. The summed E-state index contributed by atoms with van der Waals surface area (Å²) in [6.45, 7) is 6.19. The first-order chi connectivity index (χ1) is 9.37. The van der Waals surface area contributed by atoms with Crippen LogP contribution in [0.4, 0.5) is 13.2 Å². The first-order valence-electron chi connectivity index (χ1n) is 6.78. The molecule has 0 unspecified atom stereocenters. The fourth-order valence-corrected chi connectivity index (χ4v) is 1.65. The molecular formula is C14H22F3NO2. The van der Waals surface area contributed by atoms with E-state index in [0.29, 0.717) is 11.7 Å². The van der Waals surface area contributed by atoms with E-state index >= 15 is 0 Å². The van der Waals surface area contributed by atoms with E-state index in [4.69, 9.17) is 9.15 Å². The number of nitrogens with one attached hydrogen (secondary N) is 1. The van der Waals surface area contributed by atoms with Crippen molar-refractivity contribution in [1.82, 2.24) is 5.32 Å². The third-order valence-corrected chi connectivity index (χ3v) is 2.58. The minimum Gasteiger partial charge on any atom is -0.467 e. The summed E-state index contributed by atoms with van der Waals surface area (Å²) in [6.07, 6.45) is -3.30. The van der Waals surface area contributed by atoms with Crippen LogP contribution >= 0.6 is 0 Å². The monoisotopic (exact) mass is 293 g/mol. The molecule has 0 radical (unpaired) electrons. The van der Waals surface area contributed by atoms with Gasteiger partial charge < -0.3 is 14.5 Å². The predicted molar refractivity (Wildman–Crippen MR) is 70.2 cm³/mol. The molecule has 0 saturated carbocycles. The Labute approximate surface area is 117 Å². The van der Waals surface area contributed by atoms with Gasteiger partial charge in [0.15, 0.2) is 0 Å². The molecule has 116 valence electrons. The zero-order valence-electron chi connectivity index (χ0n) is 11.9. The molecule has 3 nitrogen and oxygen atoms in total. The minimum absolute atomic E-state index is 0.0208. The fourth-order valence-electron chi connectivity index (χ4n) is 1.65. The van der Waals surface area contributed by atoms with E-state index in [2.05, 4.69) is 19.2 Å². The SMILES string of the molecule is CC(C)CNCc1coc(COCCCC(F)(F)F)c1. The van der Waals surface area contributed by atoms with E-state index in [-0.39, 0.29) is 19.6 Å². The predicted octanol–water partition coefficient (Wildman–Crippen LogP) is 3.88. The molecule has 1 aromatic heterocycles. The molecule has 1 heterocycles. The molecule has 0 aromatic carbocycles. The molecule has 0 aliphatic heterocycles. The Hall–Kier alpha value is -1.01. The highest BCUT2D eigenvalue weighted by Crippen LogP contribution is 2.21. The Morgan fingerprint density at radius 2 is 2.10 bits per heavy atom. The molecular weight excluding hydrogens is 271 g/mol. The van der Waals surface area contributed by atoms with Crippen molar-refractivity contribution < 1.29 is 22.3 Å². The van der Waals surface area contributed by atoms with Crippen molar-refractivity contribution in [1.29, 1.82) is 0 Å². The lowest BCUT2D eigenvalue weighted by Gasteiger charge is -2.05. The first-order valence-corrected chi connectivity index (χ1v) is 6.78. The lowest BCUT2D eigenvalue weighted by molar-refractivity contribution is -0.138. The maximum atomic E-state index is 11.9. The van der Waals surface area contributed by atoms with Crippen LogP contribution in [0.2, 0.25) is 0 Å². The molecule has 0 aliphatic carbocycles. The Balaban J connectivity index is 2.14. The van der Waals surface area contributed by atoms with Gasteiger partial charge in [0.25, 0.3) is 0 Å². The summed E-state index contributed by atoms with van der Waals surface area (Å²) in [4.78, 5) is 0. The number of rotatable bonds is 9. The van der Waals surface area contributed by atoms with Crippen molar-refractivity contribution in [2.24, 2.45) is 5.92 Å². The maximum Gasteiger partial charge on any atom is 0.389 e. The fraction of sp³-hybridized carbons (Fsp3) is 0.714. The second-order valence-electron chi connectivity index (χ2n) is 5.22. The lowest BCUT2D eigenvalue weighted by atomic mass is 10.2. The van der Waals surface area contributed by atoms with Gasteiger partial charge in [-0.2, -0.15) is 13.2 Å². The third-order valence-electron chi connectivity index (χ3n) is 2.58. The van der Waals surface area contributed by atoms with Gasteiger partial charge in [-0.05, 0) is 24.9 Å². The number of halogens is 3. The average molecular weight is 293 g/mol. The topological polar surface area (TPSA) is 34.4 Å². The van der Waals surface area contributed by atoms with Crippen molar-refractivity contribution in [3.8, 4) is 0 Å². The standard InChI is InChI=1S/C14H22F3NO2/c1-11(2)7-18-8-12-6-13(20-9-12)10-19-5-3-4-14(15,16)17/h6,9,11,18H,3-5,7-8,10H2,1-2H3. The van der Waals surface area contributed by atoms with Gasteiger partial charge in [-0.3, -0.25) is 0 Å². The summed E-state index contributed by atoms with van der Waals surface area (Å²) in [5.41, 5.74) is 1.01. The van der Waals surface area contributed by atoms with Crippen molar-refractivity contribution in [3.63, 3.8) is 0 Å². The Morgan fingerprint density at radius 1 is 1.35 bits per heavy atom. The van der Waals surface area contributed by atoms with Crippen LogP contribution in [0.3, 0.4) is 0 Å². The quantitative estimate of drug-likeness (QED) is 0.702. The molecule has 0 bridgehead atoms. The van der Waals surface area contributed by atoms with Gasteiger partial charge in [-0.25, -0.2) is 0 Å². The molecule has 1 N–H and O–H groups in total. The number of ether oxygens (including phenoxy) is 1. The van der Waals surface area contributed by atoms with Gasteiger partial charge in [-0.1, -0.05) is 13.8 Å². The maximum absolute atomic E-state index is 11.9. The van der Waals surface area contributed by atoms with Crippen LogP contribution in [0.1, 0.15) is 38.0 Å². The van der Waals surface area contributed by atoms with E-state index < -0.39 is 12.6 Å².